The highest BCUT2D eigenvalue weighted by atomic mass is 16.2. The van der Waals surface area contributed by atoms with E-state index in [2.05, 4.69) is 10.2 Å². The molecule has 0 aliphatic carbocycles. The predicted octanol–water partition coefficient (Wildman–Crippen LogP) is 2.36. The molecule has 5 rings (SSSR count). The van der Waals surface area contributed by atoms with Gasteiger partial charge in [0.15, 0.2) is 12.2 Å². The standard InChI is InChI=1S/C21H19N5O2/c1-13-8-6-7-11-15(13)26-16(14-9-4-3-5-10-14)12-25-17-18(22-20(25)26)24(2)21(28)23-19(17)27/h3-12,17-18H,1-2H3,(H,23,27,28). The van der Waals surface area contributed by atoms with Gasteiger partial charge in [-0.25, -0.2) is 9.79 Å². The summed E-state index contributed by atoms with van der Waals surface area (Å²) >= 11 is 0. The maximum Gasteiger partial charge on any atom is 0.325 e. The Kier molecular flexibility index (Phi) is 3.52. The lowest BCUT2D eigenvalue weighted by molar-refractivity contribution is -0.126. The Morgan fingerprint density at radius 1 is 1.00 bits per heavy atom. The number of guanidine groups is 1. The van der Waals surface area contributed by atoms with Crippen LogP contribution in [0.3, 0.4) is 0 Å². The van der Waals surface area contributed by atoms with E-state index in [0.717, 1.165) is 22.5 Å². The second-order valence-corrected chi connectivity index (χ2v) is 7.10. The van der Waals surface area contributed by atoms with E-state index in [4.69, 9.17) is 4.99 Å². The Balaban J connectivity index is 1.67. The van der Waals surface area contributed by atoms with Gasteiger partial charge in [-0.2, -0.15) is 0 Å². The van der Waals surface area contributed by atoms with Crippen LogP contribution in [-0.4, -0.2) is 47.0 Å². The number of imide groups is 1. The number of aliphatic imine (C=N–C) groups is 1. The summed E-state index contributed by atoms with van der Waals surface area (Å²) in [6.45, 7) is 2.05. The average molecular weight is 373 g/mol. The quantitative estimate of drug-likeness (QED) is 0.878. The molecular formula is C21H19N5O2. The monoisotopic (exact) mass is 373 g/mol. The first kappa shape index (κ1) is 16.6. The fourth-order valence-corrected chi connectivity index (χ4v) is 3.94. The number of benzene rings is 2. The summed E-state index contributed by atoms with van der Waals surface area (Å²) in [6, 6.07) is 17.1. The van der Waals surface area contributed by atoms with Crippen LogP contribution in [0.15, 0.2) is 65.8 Å². The number of hydrogen-bond donors (Lipinski definition) is 1. The second-order valence-electron chi connectivity index (χ2n) is 7.10. The van der Waals surface area contributed by atoms with Crippen LogP contribution in [0.1, 0.15) is 11.1 Å². The number of fused-ring (bicyclic) bond motifs is 3. The van der Waals surface area contributed by atoms with E-state index in [1.807, 2.05) is 72.6 Å². The van der Waals surface area contributed by atoms with E-state index in [9.17, 15) is 9.59 Å². The molecule has 1 fully saturated rings. The minimum Gasteiger partial charge on any atom is -0.303 e. The minimum absolute atomic E-state index is 0.331. The molecule has 3 aliphatic rings. The van der Waals surface area contributed by atoms with Crippen molar-refractivity contribution in [1.29, 1.82) is 0 Å². The van der Waals surface area contributed by atoms with Crippen molar-refractivity contribution >= 4 is 29.3 Å². The molecule has 2 unspecified atom stereocenters. The van der Waals surface area contributed by atoms with Crippen LogP contribution >= 0.6 is 0 Å². The van der Waals surface area contributed by atoms with E-state index >= 15 is 0 Å². The van der Waals surface area contributed by atoms with Gasteiger partial charge in [0.2, 0.25) is 5.96 Å². The van der Waals surface area contributed by atoms with Crippen LogP contribution in [0.2, 0.25) is 0 Å². The number of nitrogens with zero attached hydrogens (tertiary/aromatic N) is 4. The third-order valence-corrected chi connectivity index (χ3v) is 5.40. The lowest BCUT2D eigenvalue weighted by Gasteiger charge is -2.34. The molecule has 1 saturated heterocycles. The Morgan fingerprint density at radius 3 is 2.46 bits per heavy atom. The van der Waals surface area contributed by atoms with Gasteiger partial charge in [-0.15, -0.1) is 0 Å². The van der Waals surface area contributed by atoms with Crippen molar-refractivity contribution in [2.24, 2.45) is 4.99 Å². The maximum absolute atomic E-state index is 12.6. The number of likely N-dealkylation sites (N-methyl/N-ethyl adjacent to an activating group) is 1. The highest BCUT2D eigenvalue weighted by Crippen LogP contribution is 2.39. The Hall–Kier alpha value is -3.61. The number of urea groups is 1. The van der Waals surface area contributed by atoms with Gasteiger partial charge in [0.05, 0.1) is 11.4 Å². The van der Waals surface area contributed by atoms with Gasteiger partial charge in [-0.1, -0.05) is 48.5 Å². The summed E-state index contributed by atoms with van der Waals surface area (Å²) in [7, 11) is 1.66. The number of amides is 3. The van der Waals surface area contributed by atoms with Crippen LogP contribution in [-0.2, 0) is 4.79 Å². The smallest absolute Gasteiger partial charge is 0.303 e. The van der Waals surface area contributed by atoms with Crippen LogP contribution in [0, 0.1) is 6.92 Å². The first-order valence-electron chi connectivity index (χ1n) is 9.13. The number of anilines is 1. The van der Waals surface area contributed by atoms with Crippen LogP contribution in [0.5, 0.6) is 0 Å². The van der Waals surface area contributed by atoms with Crippen molar-refractivity contribution in [2.45, 2.75) is 19.1 Å². The maximum atomic E-state index is 12.6. The number of carbonyl (C=O) groups is 2. The fourth-order valence-electron chi connectivity index (χ4n) is 3.94. The van der Waals surface area contributed by atoms with E-state index in [-0.39, 0.29) is 5.91 Å². The summed E-state index contributed by atoms with van der Waals surface area (Å²) < 4.78 is 0. The molecule has 0 aromatic heterocycles. The zero-order chi connectivity index (χ0) is 19.4. The molecule has 0 saturated carbocycles. The number of aryl methyl sites for hydroxylation is 1. The van der Waals surface area contributed by atoms with Crippen molar-refractivity contribution < 1.29 is 9.59 Å². The zero-order valence-electron chi connectivity index (χ0n) is 15.5. The van der Waals surface area contributed by atoms with Crippen LogP contribution in [0.25, 0.3) is 5.70 Å². The normalized spacial score (nSPS) is 23.3. The van der Waals surface area contributed by atoms with Crippen LogP contribution < -0.4 is 10.2 Å². The molecule has 2 aromatic rings. The molecule has 3 heterocycles. The molecule has 1 N–H and O–H groups in total. The number of carbonyl (C=O) groups excluding carboxylic acids is 2. The SMILES string of the molecule is Cc1ccccc1N1C(c2ccccc2)=CN2C1=NC1C2C(=O)NC(=O)N1C. The minimum atomic E-state index is -0.578. The number of rotatable bonds is 2. The van der Waals surface area contributed by atoms with E-state index in [1.165, 1.54) is 4.90 Å². The number of hydrogen-bond acceptors (Lipinski definition) is 5. The molecule has 3 aliphatic heterocycles. The van der Waals surface area contributed by atoms with Crippen molar-refractivity contribution in [3.8, 4) is 0 Å². The van der Waals surface area contributed by atoms with Crippen molar-refractivity contribution in [1.82, 2.24) is 15.1 Å². The second kappa shape index (κ2) is 5.95. The van der Waals surface area contributed by atoms with Crippen molar-refractivity contribution in [3.63, 3.8) is 0 Å². The zero-order valence-corrected chi connectivity index (χ0v) is 15.5. The first-order valence-corrected chi connectivity index (χ1v) is 9.13. The molecule has 0 spiro atoms. The first-order chi connectivity index (χ1) is 13.6. The molecule has 2 aromatic carbocycles. The molecule has 3 amide bonds. The topological polar surface area (TPSA) is 68.2 Å². The van der Waals surface area contributed by atoms with Gasteiger partial charge < -0.3 is 4.90 Å². The largest absolute Gasteiger partial charge is 0.325 e. The number of para-hydroxylation sites is 1. The molecule has 0 bridgehead atoms. The van der Waals surface area contributed by atoms with Gasteiger partial charge in [0, 0.05) is 18.8 Å². The fraction of sp³-hybridized carbons (Fsp3) is 0.190. The number of nitrogens with one attached hydrogen (secondary N) is 1. The lowest BCUT2D eigenvalue weighted by atomic mass is 10.1. The highest BCUT2D eigenvalue weighted by molar-refractivity contribution is 6.16. The average Bonchev–Trinajstić information content (AvgIpc) is 3.24. The summed E-state index contributed by atoms with van der Waals surface area (Å²) in [5, 5.41) is 2.42. The molecule has 7 nitrogen and oxygen atoms in total. The Morgan fingerprint density at radius 2 is 1.71 bits per heavy atom. The van der Waals surface area contributed by atoms with Gasteiger partial charge in [-0.3, -0.25) is 19.9 Å². The van der Waals surface area contributed by atoms with E-state index < -0.39 is 18.2 Å². The van der Waals surface area contributed by atoms with Gasteiger partial charge in [-0.05, 0) is 18.6 Å². The lowest BCUT2D eigenvalue weighted by Crippen LogP contribution is -2.62. The van der Waals surface area contributed by atoms with Crippen LogP contribution in [0.4, 0.5) is 10.5 Å². The van der Waals surface area contributed by atoms with Crippen molar-refractivity contribution in [3.05, 3.63) is 71.9 Å². The van der Waals surface area contributed by atoms with Crippen molar-refractivity contribution in [2.75, 3.05) is 11.9 Å². The Bertz CT molecular complexity index is 1050. The van der Waals surface area contributed by atoms with Gasteiger partial charge in [0.25, 0.3) is 5.91 Å². The molecule has 7 heteroatoms. The highest BCUT2D eigenvalue weighted by Gasteiger charge is 2.52. The molecule has 2 atom stereocenters. The Labute approximate surface area is 162 Å². The third kappa shape index (κ3) is 2.26. The van der Waals surface area contributed by atoms with E-state index in [1.54, 1.807) is 7.05 Å². The summed E-state index contributed by atoms with van der Waals surface area (Å²) in [4.78, 5) is 34.8. The van der Waals surface area contributed by atoms with Gasteiger partial charge in [0.1, 0.15) is 0 Å². The third-order valence-electron chi connectivity index (χ3n) is 5.40. The van der Waals surface area contributed by atoms with Gasteiger partial charge >= 0.3 is 6.03 Å². The summed E-state index contributed by atoms with van der Waals surface area (Å²) in [5.41, 5.74) is 4.06. The summed E-state index contributed by atoms with van der Waals surface area (Å²) in [5.74, 6) is 0.321. The molecule has 0 radical (unpaired) electrons. The molecule has 140 valence electrons. The summed E-state index contributed by atoms with van der Waals surface area (Å²) in [6.07, 6.45) is 1.41. The van der Waals surface area contributed by atoms with E-state index in [0.29, 0.717) is 5.96 Å². The molecular weight excluding hydrogens is 354 g/mol. The molecule has 28 heavy (non-hydrogen) atoms. The predicted molar refractivity (Wildman–Crippen MR) is 106 cm³/mol.